The zero-order valence-corrected chi connectivity index (χ0v) is 18.0. The Labute approximate surface area is 182 Å². The van der Waals surface area contributed by atoms with E-state index in [-0.39, 0.29) is 17.2 Å². The van der Waals surface area contributed by atoms with E-state index in [9.17, 15) is 17.6 Å². The fourth-order valence-corrected chi connectivity index (χ4v) is 4.83. The van der Waals surface area contributed by atoms with Gasteiger partial charge in [0.25, 0.3) is 5.88 Å². The highest BCUT2D eigenvalue weighted by Gasteiger charge is 2.30. The van der Waals surface area contributed by atoms with E-state index in [1.807, 2.05) is 23.7 Å². The van der Waals surface area contributed by atoms with E-state index >= 15 is 0 Å². The van der Waals surface area contributed by atoms with Gasteiger partial charge in [-0.1, -0.05) is 6.92 Å². The molecule has 0 amide bonds. The molecule has 3 rings (SSSR count). The van der Waals surface area contributed by atoms with Crippen LogP contribution in [0, 0.1) is 11.2 Å². The molecule has 0 saturated carbocycles. The summed E-state index contributed by atoms with van der Waals surface area (Å²) in [6, 6.07) is 2.36. The average molecular weight is 460 g/mol. The number of pyridine rings is 2. The first kappa shape index (κ1) is 23.2. The normalized spacial score (nSPS) is 16.1. The van der Waals surface area contributed by atoms with Crippen molar-refractivity contribution in [1.82, 2.24) is 9.97 Å². The molecule has 0 aromatic carbocycles. The van der Waals surface area contributed by atoms with Crippen LogP contribution in [0.2, 0.25) is 0 Å². The molecule has 2 aromatic heterocycles. The Balaban J connectivity index is 1.79. The summed E-state index contributed by atoms with van der Waals surface area (Å²) < 4.78 is 61.1. The number of alkyl halides is 3. The molecule has 6 nitrogen and oxygen atoms in total. The molecule has 1 saturated heterocycles. The van der Waals surface area contributed by atoms with Crippen molar-refractivity contribution in [3.8, 4) is 17.5 Å². The van der Waals surface area contributed by atoms with Gasteiger partial charge in [0.2, 0.25) is 5.88 Å². The number of hydrogen-bond acceptors (Lipinski definition) is 7. The topological polar surface area (TPSA) is 73.5 Å². The number of nitrogens with two attached hydrogens (primary N) is 1. The van der Waals surface area contributed by atoms with Crippen molar-refractivity contribution in [2.75, 3.05) is 42.3 Å². The second-order valence-corrected chi connectivity index (χ2v) is 9.05. The Bertz CT molecular complexity index is 907. The van der Waals surface area contributed by atoms with Gasteiger partial charge in [-0.05, 0) is 29.8 Å². The highest BCUT2D eigenvalue weighted by atomic mass is 32.2. The van der Waals surface area contributed by atoms with E-state index in [0.717, 1.165) is 43.2 Å². The van der Waals surface area contributed by atoms with Gasteiger partial charge in [-0.15, -0.1) is 0 Å². The third-order valence-corrected chi connectivity index (χ3v) is 5.98. The summed E-state index contributed by atoms with van der Waals surface area (Å²) in [5.41, 5.74) is 7.35. The Morgan fingerprint density at radius 3 is 2.58 bits per heavy atom. The predicted octanol–water partition coefficient (Wildman–Crippen LogP) is 4.90. The summed E-state index contributed by atoms with van der Waals surface area (Å²) in [6.07, 6.45) is -0.180. The Kier molecular flexibility index (Phi) is 7.03. The molecule has 0 bridgehead atoms. The molecule has 0 radical (unpaired) electrons. The van der Waals surface area contributed by atoms with Crippen LogP contribution in [0.4, 0.5) is 28.9 Å². The number of nitrogen functional groups attached to an aromatic ring is 1. The molecule has 3 heterocycles. The molecular formula is C20H24F4N4O2S. The number of ether oxygens (including phenoxy) is 2. The third kappa shape index (κ3) is 6.52. The monoisotopic (exact) mass is 460 g/mol. The number of anilines is 2. The van der Waals surface area contributed by atoms with Crippen LogP contribution >= 0.6 is 11.8 Å². The Morgan fingerprint density at radius 1 is 1.19 bits per heavy atom. The molecule has 0 aliphatic carbocycles. The number of halogens is 4. The second kappa shape index (κ2) is 9.37. The molecule has 0 atom stereocenters. The van der Waals surface area contributed by atoms with Crippen LogP contribution in [0.5, 0.6) is 17.5 Å². The summed E-state index contributed by atoms with van der Waals surface area (Å²) in [6.45, 7) is 1.41. The van der Waals surface area contributed by atoms with Crippen molar-refractivity contribution in [3.05, 3.63) is 30.3 Å². The van der Waals surface area contributed by atoms with E-state index in [4.69, 9.17) is 10.5 Å². The lowest BCUT2D eigenvalue weighted by Gasteiger charge is -2.37. The van der Waals surface area contributed by atoms with Gasteiger partial charge >= 0.3 is 6.18 Å². The quantitative estimate of drug-likeness (QED) is 0.589. The van der Waals surface area contributed by atoms with Crippen LogP contribution in [-0.2, 0) is 0 Å². The van der Waals surface area contributed by atoms with Gasteiger partial charge in [-0.3, -0.25) is 0 Å². The predicted molar refractivity (Wildman–Crippen MR) is 112 cm³/mol. The van der Waals surface area contributed by atoms with Gasteiger partial charge in [-0.2, -0.15) is 24.9 Å². The van der Waals surface area contributed by atoms with Crippen LogP contribution in [-0.4, -0.2) is 47.8 Å². The maximum atomic E-state index is 13.5. The summed E-state index contributed by atoms with van der Waals surface area (Å²) in [4.78, 5) is 9.78. The smallest absolute Gasteiger partial charge is 0.422 e. The van der Waals surface area contributed by atoms with Gasteiger partial charge in [0.05, 0.1) is 23.8 Å². The average Bonchev–Trinajstić information content (AvgIpc) is 2.69. The zero-order chi connectivity index (χ0) is 22.6. The van der Waals surface area contributed by atoms with Crippen molar-refractivity contribution < 1.29 is 27.0 Å². The van der Waals surface area contributed by atoms with Crippen LogP contribution < -0.4 is 20.1 Å². The van der Waals surface area contributed by atoms with E-state index in [1.165, 1.54) is 6.20 Å². The first-order chi connectivity index (χ1) is 14.5. The van der Waals surface area contributed by atoms with Gasteiger partial charge < -0.3 is 20.1 Å². The largest absolute Gasteiger partial charge is 0.478 e. The first-order valence-corrected chi connectivity index (χ1v) is 10.8. The number of hydrogen-bond donors (Lipinski definition) is 1. The van der Waals surface area contributed by atoms with Crippen molar-refractivity contribution in [2.45, 2.75) is 25.9 Å². The zero-order valence-electron chi connectivity index (χ0n) is 17.2. The minimum atomic E-state index is -4.59. The standard InChI is InChI=1S/C20H24F4N4O2S/c1-19(3-5-31-6-4-19)11-28(2)15-8-17(26-10-14(15)25)30-18-16(7-13(21)9-27-18)29-12-20(22,23)24/h7-10H,3-6,11-12,25H2,1-2H3. The fraction of sp³-hybridized carbons (Fsp3) is 0.500. The summed E-state index contributed by atoms with van der Waals surface area (Å²) in [5, 5.41) is 0. The minimum Gasteiger partial charge on any atom is -0.478 e. The first-order valence-electron chi connectivity index (χ1n) is 9.62. The molecule has 1 aliphatic heterocycles. The lowest BCUT2D eigenvalue weighted by molar-refractivity contribution is -0.153. The lowest BCUT2D eigenvalue weighted by atomic mass is 9.83. The van der Waals surface area contributed by atoms with Crippen molar-refractivity contribution >= 4 is 23.1 Å². The summed E-state index contributed by atoms with van der Waals surface area (Å²) >= 11 is 1.95. The van der Waals surface area contributed by atoms with Gasteiger partial charge in [0.15, 0.2) is 12.4 Å². The lowest BCUT2D eigenvalue weighted by Crippen LogP contribution is -2.36. The second-order valence-electron chi connectivity index (χ2n) is 7.82. The maximum absolute atomic E-state index is 13.5. The molecule has 170 valence electrons. The molecule has 1 aliphatic rings. The van der Waals surface area contributed by atoms with E-state index < -0.39 is 24.3 Å². The molecule has 11 heteroatoms. The number of aromatic nitrogens is 2. The van der Waals surface area contributed by atoms with E-state index in [0.29, 0.717) is 11.4 Å². The molecule has 2 aromatic rings. The van der Waals surface area contributed by atoms with Crippen LogP contribution in [0.25, 0.3) is 0 Å². The van der Waals surface area contributed by atoms with Gasteiger partial charge in [-0.25, -0.2) is 14.4 Å². The molecule has 31 heavy (non-hydrogen) atoms. The van der Waals surface area contributed by atoms with E-state index in [1.54, 1.807) is 6.07 Å². The molecule has 2 N–H and O–H groups in total. The Morgan fingerprint density at radius 2 is 1.90 bits per heavy atom. The molecule has 0 spiro atoms. The molecule has 1 fully saturated rings. The van der Waals surface area contributed by atoms with Crippen LogP contribution in [0.15, 0.2) is 24.5 Å². The summed E-state index contributed by atoms with van der Waals surface area (Å²) in [7, 11) is 1.91. The molecule has 0 unspecified atom stereocenters. The minimum absolute atomic E-state index is 0.0522. The highest BCUT2D eigenvalue weighted by Crippen LogP contribution is 2.38. The fourth-order valence-electron chi connectivity index (χ4n) is 3.35. The number of rotatable bonds is 7. The van der Waals surface area contributed by atoms with Crippen LogP contribution in [0.3, 0.4) is 0 Å². The Hall–Kier alpha value is -2.43. The van der Waals surface area contributed by atoms with Crippen molar-refractivity contribution in [3.63, 3.8) is 0 Å². The number of thioether (sulfide) groups is 1. The van der Waals surface area contributed by atoms with Gasteiger partial charge in [0, 0.05) is 25.7 Å². The summed E-state index contributed by atoms with van der Waals surface area (Å²) in [5.74, 6) is 0.625. The van der Waals surface area contributed by atoms with Crippen LogP contribution in [0.1, 0.15) is 19.8 Å². The van der Waals surface area contributed by atoms with Gasteiger partial charge in [0.1, 0.15) is 5.82 Å². The maximum Gasteiger partial charge on any atom is 0.422 e. The van der Waals surface area contributed by atoms with Crippen molar-refractivity contribution in [1.29, 1.82) is 0 Å². The van der Waals surface area contributed by atoms with Crippen molar-refractivity contribution in [2.24, 2.45) is 5.41 Å². The van der Waals surface area contributed by atoms with E-state index in [2.05, 4.69) is 21.6 Å². The SMILES string of the molecule is CN(CC1(C)CCSCC1)c1cc(Oc2ncc(F)cc2OCC(F)(F)F)ncc1N. The molecular weight excluding hydrogens is 436 g/mol. The third-order valence-electron chi connectivity index (χ3n) is 4.99. The highest BCUT2D eigenvalue weighted by molar-refractivity contribution is 7.99. The number of nitrogens with zero attached hydrogens (tertiary/aromatic N) is 3.